The van der Waals surface area contributed by atoms with Crippen molar-refractivity contribution in [3.63, 3.8) is 0 Å². The van der Waals surface area contributed by atoms with E-state index in [9.17, 15) is 4.79 Å². The Kier molecular flexibility index (Phi) is 10.2. The molecule has 0 saturated carbocycles. The van der Waals surface area contributed by atoms with Crippen molar-refractivity contribution >= 4 is 48.8 Å². The fourth-order valence-corrected chi connectivity index (χ4v) is 3.03. The Balaban J connectivity index is 0.00000176. The molecule has 0 unspecified atom stereocenters. The number of anilines is 1. The van der Waals surface area contributed by atoms with Crippen molar-refractivity contribution in [1.29, 1.82) is 0 Å². The van der Waals surface area contributed by atoms with E-state index >= 15 is 0 Å². The quantitative estimate of drug-likeness (QED) is 0.844. The summed E-state index contributed by atoms with van der Waals surface area (Å²) in [6, 6.07) is 8.32. The molecule has 8 heteroatoms. The smallest absolute Gasteiger partial charge is 0.228 e. The number of nitrogens with zero attached hydrogens (tertiary/aromatic N) is 3. The SMILES string of the molecule is CN1CCN(Cc2ccc(N3C[C@H](N)CC3=O)cc2)CC1.Cl.Cl.Cl. The third-order valence-electron chi connectivity index (χ3n) is 4.41. The number of nitrogens with two attached hydrogens (primary N) is 1. The number of carbonyl (C=O) groups excluding carboxylic acids is 1. The number of likely N-dealkylation sites (N-methyl/N-ethyl adjacent to an activating group) is 1. The summed E-state index contributed by atoms with van der Waals surface area (Å²) >= 11 is 0. The van der Waals surface area contributed by atoms with Crippen LogP contribution in [0.3, 0.4) is 0 Å². The fraction of sp³-hybridized carbons (Fsp3) is 0.562. The maximum absolute atomic E-state index is 11.9. The molecule has 1 aromatic rings. The van der Waals surface area contributed by atoms with Gasteiger partial charge in [-0.15, -0.1) is 37.2 Å². The standard InChI is InChI=1S/C16H24N4O.3ClH/c1-18-6-8-19(9-7-18)11-13-2-4-15(5-3-13)20-12-14(17)10-16(20)21;;;/h2-5,14H,6-12,17H2,1H3;3*1H/t14-;;;/m1.../s1. The van der Waals surface area contributed by atoms with Gasteiger partial charge in [-0.3, -0.25) is 9.69 Å². The van der Waals surface area contributed by atoms with Gasteiger partial charge in [0.1, 0.15) is 0 Å². The summed E-state index contributed by atoms with van der Waals surface area (Å²) in [5.74, 6) is 0.134. The molecule has 1 amide bonds. The summed E-state index contributed by atoms with van der Waals surface area (Å²) in [7, 11) is 2.17. The number of hydrogen-bond donors (Lipinski definition) is 1. The number of hydrogen-bond acceptors (Lipinski definition) is 4. The number of carbonyl (C=O) groups is 1. The third-order valence-corrected chi connectivity index (χ3v) is 4.41. The molecule has 0 aromatic heterocycles. The molecule has 1 aromatic carbocycles. The molecule has 1 atom stereocenters. The predicted molar refractivity (Wildman–Crippen MR) is 106 cm³/mol. The number of benzene rings is 1. The Bertz CT molecular complexity index is 507. The van der Waals surface area contributed by atoms with Crippen LogP contribution in [-0.2, 0) is 11.3 Å². The molecule has 2 aliphatic rings. The van der Waals surface area contributed by atoms with E-state index in [1.807, 2.05) is 12.1 Å². The highest BCUT2D eigenvalue weighted by Crippen LogP contribution is 2.21. The number of amides is 1. The molecule has 2 fully saturated rings. The zero-order valence-electron chi connectivity index (χ0n) is 13.9. The molecule has 3 rings (SSSR count). The minimum Gasteiger partial charge on any atom is -0.326 e. The zero-order valence-corrected chi connectivity index (χ0v) is 16.3. The van der Waals surface area contributed by atoms with Crippen molar-refractivity contribution in [2.75, 3.05) is 44.7 Å². The van der Waals surface area contributed by atoms with Gasteiger partial charge in [-0.05, 0) is 24.7 Å². The largest absolute Gasteiger partial charge is 0.326 e. The third kappa shape index (κ3) is 5.76. The van der Waals surface area contributed by atoms with Crippen LogP contribution >= 0.6 is 37.2 Å². The van der Waals surface area contributed by atoms with Crippen LogP contribution in [0.25, 0.3) is 0 Å². The van der Waals surface area contributed by atoms with Gasteiger partial charge < -0.3 is 15.5 Å². The summed E-state index contributed by atoms with van der Waals surface area (Å²) in [5, 5.41) is 0. The highest BCUT2D eigenvalue weighted by molar-refractivity contribution is 5.96. The molecule has 0 spiro atoms. The first-order chi connectivity index (χ1) is 10.1. The molecular weight excluding hydrogens is 371 g/mol. The van der Waals surface area contributed by atoms with Gasteiger partial charge in [-0.2, -0.15) is 0 Å². The first kappa shape index (κ1) is 23.4. The van der Waals surface area contributed by atoms with E-state index < -0.39 is 0 Å². The average Bonchev–Trinajstić information content (AvgIpc) is 2.81. The van der Waals surface area contributed by atoms with Crippen LogP contribution in [-0.4, -0.2) is 61.5 Å². The van der Waals surface area contributed by atoms with Crippen molar-refractivity contribution in [3.8, 4) is 0 Å². The maximum atomic E-state index is 11.9. The highest BCUT2D eigenvalue weighted by Gasteiger charge is 2.27. The van der Waals surface area contributed by atoms with E-state index in [1.54, 1.807) is 4.90 Å². The minimum absolute atomic E-state index is 0. The number of halogens is 3. The second kappa shape index (κ2) is 10.4. The number of piperazine rings is 1. The lowest BCUT2D eigenvalue weighted by Crippen LogP contribution is -2.43. The van der Waals surface area contributed by atoms with E-state index in [2.05, 4.69) is 29.0 Å². The predicted octanol–water partition coefficient (Wildman–Crippen LogP) is 1.76. The second-order valence-corrected chi connectivity index (χ2v) is 6.21. The van der Waals surface area contributed by atoms with Crippen LogP contribution < -0.4 is 10.6 Å². The molecule has 24 heavy (non-hydrogen) atoms. The molecule has 0 aliphatic carbocycles. The van der Waals surface area contributed by atoms with Gasteiger partial charge in [0.2, 0.25) is 5.91 Å². The molecular formula is C16H27Cl3N4O. The van der Waals surface area contributed by atoms with Gasteiger partial charge in [0.25, 0.3) is 0 Å². The molecule has 0 radical (unpaired) electrons. The van der Waals surface area contributed by atoms with Crippen LogP contribution in [0.15, 0.2) is 24.3 Å². The highest BCUT2D eigenvalue weighted by atomic mass is 35.5. The van der Waals surface area contributed by atoms with Crippen molar-refractivity contribution in [1.82, 2.24) is 9.80 Å². The first-order valence-corrected chi connectivity index (χ1v) is 7.67. The number of rotatable bonds is 3. The van der Waals surface area contributed by atoms with Crippen molar-refractivity contribution in [3.05, 3.63) is 29.8 Å². The van der Waals surface area contributed by atoms with E-state index in [-0.39, 0.29) is 49.2 Å². The van der Waals surface area contributed by atoms with Crippen LogP contribution in [0.4, 0.5) is 5.69 Å². The Morgan fingerprint density at radius 2 is 1.62 bits per heavy atom. The lowest BCUT2D eigenvalue weighted by Gasteiger charge is -2.32. The van der Waals surface area contributed by atoms with E-state index in [4.69, 9.17) is 5.73 Å². The second-order valence-electron chi connectivity index (χ2n) is 6.21. The van der Waals surface area contributed by atoms with Crippen molar-refractivity contribution in [2.45, 2.75) is 19.0 Å². The van der Waals surface area contributed by atoms with Crippen LogP contribution in [0, 0.1) is 0 Å². The summed E-state index contributed by atoms with van der Waals surface area (Å²) < 4.78 is 0. The van der Waals surface area contributed by atoms with Crippen molar-refractivity contribution in [2.24, 2.45) is 5.73 Å². The van der Waals surface area contributed by atoms with Crippen LogP contribution in [0.1, 0.15) is 12.0 Å². The van der Waals surface area contributed by atoms with Gasteiger partial charge in [0, 0.05) is 57.4 Å². The molecule has 2 saturated heterocycles. The molecule has 138 valence electrons. The summed E-state index contributed by atoms with van der Waals surface area (Å²) in [6.07, 6.45) is 0.461. The van der Waals surface area contributed by atoms with E-state index in [0.717, 1.165) is 38.4 Å². The lowest BCUT2D eigenvalue weighted by molar-refractivity contribution is -0.117. The Morgan fingerprint density at radius 3 is 2.12 bits per heavy atom. The van der Waals surface area contributed by atoms with Crippen molar-refractivity contribution < 1.29 is 4.79 Å². The fourth-order valence-electron chi connectivity index (χ4n) is 3.03. The van der Waals surface area contributed by atoms with Gasteiger partial charge in [-0.25, -0.2) is 0 Å². The normalized spacial score (nSPS) is 21.7. The molecule has 2 aliphatic heterocycles. The van der Waals surface area contributed by atoms with Crippen LogP contribution in [0.5, 0.6) is 0 Å². The van der Waals surface area contributed by atoms with Gasteiger partial charge in [0.05, 0.1) is 0 Å². The molecule has 2 heterocycles. The Morgan fingerprint density at radius 1 is 1.04 bits per heavy atom. The molecule has 0 bridgehead atoms. The Hall–Kier alpha value is -0.560. The molecule has 5 nitrogen and oxygen atoms in total. The lowest BCUT2D eigenvalue weighted by atomic mass is 10.1. The average molecular weight is 398 g/mol. The zero-order chi connectivity index (χ0) is 14.8. The molecule has 2 N–H and O–H groups in total. The topological polar surface area (TPSA) is 52.8 Å². The van der Waals surface area contributed by atoms with Gasteiger partial charge in [0.15, 0.2) is 0 Å². The van der Waals surface area contributed by atoms with E-state index in [0.29, 0.717) is 13.0 Å². The monoisotopic (exact) mass is 396 g/mol. The van der Waals surface area contributed by atoms with Gasteiger partial charge in [-0.1, -0.05) is 12.1 Å². The summed E-state index contributed by atoms with van der Waals surface area (Å²) in [6.45, 7) is 6.14. The maximum Gasteiger partial charge on any atom is 0.228 e. The first-order valence-electron chi connectivity index (χ1n) is 7.67. The van der Waals surface area contributed by atoms with E-state index in [1.165, 1.54) is 5.56 Å². The minimum atomic E-state index is -0.0254. The van der Waals surface area contributed by atoms with Gasteiger partial charge >= 0.3 is 0 Å². The summed E-state index contributed by atoms with van der Waals surface area (Å²) in [5.41, 5.74) is 8.12. The Labute approximate surface area is 162 Å². The summed E-state index contributed by atoms with van der Waals surface area (Å²) in [4.78, 5) is 18.5. The van der Waals surface area contributed by atoms with Crippen LogP contribution in [0.2, 0.25) is 0 Å².